The molecule has 1 unspecified atom stereocenters. The van der Waals surface area contributed by atoms with Gasteiger partial charge in [0.15, 0.2) is 0 Å². The lowest BCUT2D eigenvalue weighted by Crippen LogP contribution is -2.21. The Labute approximate surface area is 156 Å². The van der Waals surface area contributed by atoms with Gasteiger partial charge in [0.2, 0.25) is 0 Å². The minimum Gasteiger partial charge on any atom is -0.478 e. The number of rotatable bonds is 3. The van der Waals surface area contributed by atoms with Gasteiger partial charge < -0.3 is 15.3 Å². The largest absolute Gasteiger partial charge is 0.478 e. The van der Waals surface area contributed by atoms with Crippen LogP contribution in [0.4, 0.5) is 5.82 Å². The zero-order valence-corrected chi connectivity index (χ0v) is 14.6. The van der Waals surface area contributed by atoms with Crippen molar-refractivity contribution in [2.45, 2.75) is 6.42 Å². The van der Waals surface area contributed by atoms with Gasteiger partial charge in [-0.1, -0.05) is 24.8 Å². The van der Waals surface area contributed by atoms with Crippen molar-refractivity contribution in [2.75, 3.05) is 18.0 Å². The number of nitrogens with zero attached hydrogens (tertiary/aromatic N) is 3. The van der Waals surface area contributed by atoms with Crippen molar-refractivity contribution in [1.82, 2.24) is 15.3 Å². The number of aromatic nitrogens is 2. The van der Waals surface area contributed by atoms with Crippen LogP contribution >= 0.6 is 0 Å². The van der Waals surface area contributed by atoms with Crippen LogP contribution in [0.5, 0.6) is 0 Å². The van der Waals surface area contributed by atoms with Gasteiger partial charge in [0.1, 0.15) is 12.1 Å². The smallest absolute Gasteiger partial charge is 0.335 e. The summed E-state index contributed by atoms with van der Waals surface area (Å²) >= 11 is 0. The topological polar surface area (TPSA) is 78.3 Å². The summed E-state index contributed by atoms with van der Waals surface area (Å²) < 4.78 is 0. The Morgan fingerprint density at radius 1 is 1.33 bits per heavy atom. The highest BCUT2D eigenvalue weighted by molar-refractivity contribution is 6.15. The molecule has 1 saturated heterocycles. The number of carboxylic acids is 1. The molecule has 2 aliphatic heterocycles. The fourth-order valence-corrected chi connectivity index (χ4v) is 4.03. The van der Waals surface area contributed by atoms with Crippen LogP contribution in [-0.4, -0.2) is 34.1 Å². The quantitative estimate of drug-likeness (QED) is 0.822. The van der Waals surface area contributed by atoms with Gasteiger partial charge in [0, 0.05) is 35.8 Å². The summed E-state index contributed by atoms with van der Waals surface area (Å²) in [5.41, 5.74) is 5.11. The highest BCUT2D eigenvalue weighted by Gasteiger charge is 2.33. The number of carboxylic acid groups (broad SMARTS) is 1. The molecule has 0 spiro atoms. The van der Waals surface area contributed by atoms with E-state index < -0.39 is 5.97 Å². The number of fused-ring (bicyclic) bond motifs is 3. The first-order chi connectivity index (χ1) is 13.1. The summed E-state index contributed by atoms with van der Waals surface area (Å²) in [6.07, 6.45) is 9.32. The zero-order valence-electron chi connectivity index (χ0n) is 14.6. The van der Waals surface area contributed by atoms with Gasteiger partial charge >= 0.3 is 5.97 Å². The van der Waals surface area contributed by atoms with E-state index in [-0.39, 0.29) is 5.57 Å². The van der Waals surface area contributed by atoms with Gasteiger partial charge in [-0.3, -0.25) is 0 Å². The molecule has 1 atom stereocenters. The van der Waals surface area contributed by atoms with Gasteiger partial charge in [-0.05, 0) is 35.8 Å². The molecule has 1 aromatic heterocycles. The molecule has 6 nitrogen and oxygen atoms in total. The molecule has 0 saturated carbocycles. The maximum absolute atomic E-state index is 11.3. The monoisotopic (exact) mass is 358 g/mol. The Kier molecular flexibility index (Phi) is 3.40. The molecule has 3 aliphatic rings. The average molecular weight is 358 g/mol. The first kappa shape index (κ1) is 15.8. The van der Waals surface area contributed by atoms with E-state index in [0.29, 0.717) is 11.5 Å². The van der Waals surface area contributed by atoms with Crippen LogP contribution < -0.4 is 10.2 Å². The fourth-order valence-electron chi connectivity index (χ4n) is 4.03. The van der Waals surface area contributed by atoms with E-state index in [2.05, 4.69) is 45.0 Å². The molecule has 2 N–H and O–H groups in total. The molecule has 1 aliphatic carbocycles. The normalized spacial score (nSPS) is 20.4. The molecule has 27 heavy (non-hydrogen) atoms. The summed E-state index contributed by atoms with van der Waals surface area (Å²) in [4.78, 5) is 22.4. The Balaban J connectivity index is 1.62. The van der Waals surface area contributed by atoms with Crippen LogP contribution in [0.25, 0.3) is 16.5 Å². The number of nitrogens with one attached hydrogen (secondary N) is 1. The number of hydrogen-bond donors (Lipinski definition) is 2. The Hall–Kier alpha value is -3.41. The Morgan fingerprint density at radius 3 is 3.07 bits per heavy atom. The number of carbonyl (C=O) groups is 1. The summed E-state index contributed by atoms with van der Waals surface area (Å²) in [6.45, 7) is 5.41. The third-order valence-corrected chi connectivity index (χ3v) is 5.43. The maximum atomic E-state index is 11.3. The molecule has 0 radical (unpaired) electrons. The highest BCUT2D eigenvalue weighted by atomic mass is 16.4. The lowest BCUT2D eigenvalue weighted by Gasteiger charge is -2.25. The van der Waals surface area contributed by atoms with E-state index >= 15 is 0 Å². The molecule has 6 heteroatoms. The molecular formula is C21H18N4O2. The summed E-state index contributed by atoms with van der Waals surface area (Å²) in [6, 6.07) is 5.40. The second-order valence-electron chi connectivity index (χ2n) is 6.95. The van der Waals surface area contributed by atoms with Gasteiger partial charge in [0.05, 0.1) is 11.1 Å². The van der Waals surface area contributed by atoms with Crippen molar-refractivity contribution in [3.8, 4) is 0 Å². The van der Waals surface area contributed by atoms with E-state index in [1.54, 1.807) is 12.4 Å². The van der Waals surface area contributed by atoms with Gasteiger partial charge in [-0.2, -0.15) is 0 Å². The minimum atomic E-state index is -1.03. The molecule has 0 amide bonds. The number of hydrogen-bond acceptors (Lipinski definition) is 5. The van der Waals surface area contributed by atoms with E-state index in [0.717, 1.165) is 36.2 Å². The summed E-state index contributed by atoms with van der Waals surface area (Å²) in [5, 5.41) is 13.5. The molecule has 0 bridgehead atoms. The number of anilines is 1. The highest BCUT2D eigenvalue weighted by Crippen LogP contribution is 2.40. The lowest BCUT2D eigenvalue weighted by molar-refractivity contribution is -0.130. The van der Waals surface area contributed by atoms with Crippen LogP contribution in [0.3, 0.4) is 0 Å². The van der Waals surface area contributed by atoms with Crippen molar-refractivity contribution in [3.05, 3.63) is 71.9 Å². The number of benzene rings is 1. The zero-order chi connectivity index (χ0) is 18.5. The predicted molar refractivity (Wildman–Crippen MR) is 104 cm³/mol. The first-order valence-electron chi connectivity index (χ1n) is 8.94. The van der Waals surface area contributed by atoms with Crippen molar-refractivity contribution < 1.29 is 9.90 Å². The van der Waals surface area contributed by atoms with E-state index in [1.807, 2.05) is 12.1 Å². The first-order valence-corrected chi connectivity index (χ1v) is 8.94. The van der Waals surface area contributed by atoms with Crippen molar-refractivity contribution in [1.29, 1.82) is 0 Å². The number of allylic oxidation sites excluding steroid dienone is 2. The molecular weight excluding hydrogens is 340 g/mol. The lowest BCUT2D eigenvalue weighted by atomic mass is 9.95. The molecule has 1 aromatic carbocycles. The van der Waals surface area contributed by atoms with E-state index in [4.69, 9.17) is 0 Å². The minimum absolute atomic E-state index is 0.0673. The Bertz CT molecular complexity index is 1100. The molecule has 1 fully saturated rings. The second-order valence-corrected chi connectivity index (χ2v) is 6.95. The van der Waals surface area contributed by atoms with Crippen molar-refractivity contribution in [2.24, 2.45) is 5.92 Å². The van der Waals surface area contributed by atoms with Gasteiger partial charge in [-0.25, -0.2) is 14.8 Å². The maximum Gasteiger partial charge on any atom is 0.335 e. The third-order valence-electron chi connectivity index (χ3n) is 5.43. The number of aliphatic carboxylic acids is 1. The predicted octanol–water partition coefficient (Wildman–Crippen LogP) is 2.86. The summed E-state index contributed by atoms with van der Waals surface area (Å²) in [5.74, 6) is 0.157. The fraction of sp³-hybridized carbons (Fsp3) is 0.190. The Morgan fingerprint density at radius 2 is 2.22 bits per heavy atom. The van der Waals surface area contributed by atoms with Crippen LogP contribution in [0, 0.1) is 5.92 Å². The van der Waals surface area contributed by atoms with Crippen LogP contribution in [0.15, 0.2) is 66.3 Å². The average Bonchev–Trinajstić information content (AvgIpc) is 3.30. The van der Waals surface area contributed by atoms with Crippen LogP contribution in [0.2, 0.25) is 0 Å². The van der Waals surface area contributed by atoms with E-state index in [1.165, 1.54) is 17.0 Å². The van der Waals surface area contributed by atoms with Crippen molar-refractivity contribution in [3.63, 3.8) is 0 Å². The standard InChI is InChI=1S/C21H18N4O2/c1-12(21(26)27)13-2-3-17-16(8-13)20(24-11-23-17)25-7-5-15-9-18-14(4-6-22-18)10-19(15)25/h2-4,8-11,15,22H,1,5-7H2,(H,26,27). The second kappa shape index (κ2) is 5.81. The molecule has 3 heterocycles. The van der Waals surface area contributed by atoms with Crippen molar-refractivity contribution >= 4 is 28.3 Å². The van der Waals surface area contributed by atoms with E-state index in [9.17, 15) is 9.90 Å². The van der Waals surface area contributed by atoms with Gasteiger partial charge in [-0.15, -0.1) is 0 Å². The SMILES string of the molecule is C=C(C(=O)O)c1ccc2ncnc(N3CCC4C=C5NCC=C5C=C43)c2c1. The van der Waals surface area contributed by atoms with Crippen LogP contribution in [-0.2, 0) is 4.79 Å². The van der Waals surface area contributed by atoms with Gasteiger partial charge in [0.25, 0.3) is 0 Å². The molecule has 5 rings (SSSR count). The van der Waals surface area contributed by atoms with Crippen LogP contribution in [0.1, 0.15) is 12.0 Å². The molecule has 2 aromatic rings. The summed E-state index contributed by atoms with van der Waals surface area (Å²) in [7, 11) is 0. The third kappa shape index (κ3) is 2.44. The molecule has 134 valence electrons.